The maximum Gasteiger partial charge on any atom is 0.158 e. The number of ether oxygens (including phenoxy) is 1. The Hall–Kier alpha value is -2.79. The minimum atomic E-state index is 0.659. The van der Waals surface area contributed by atoms with Crippen molar-refractivity contribution in [3.8, 4) is 5.75 Å². The number of rotatable bonds is 3. The number of para-hydroxylation sites is 1. The minimum absolute atomic E-state index is 0.659. The molecule has 24 heavy (non-hydrogen) atoms. The van der Waals surface area contributed by atoms with Crippen LogP contribution >= 0.6 is 11.6 Å². The summed E-state index contributed by atoms with van der Waals surface area (Å²) in [5, 5.41) is 3.98. The summed E-state index contributed by atoms with van der Waals surface area (Å²) >= 11 is 6.30. The van der Waals surface area contributed by atoms with Crippen molar-refractivity contribution in [2.45, 2.75) is 6.92 Å². The Balaban J connectivity index is 1.87. The molecule has 0 spiro atoms. The molecule has 5 nitrogen and oxygen atoms in total. The molecule has 2 heterocycles. The molecule has 0 bridgehead atoms. The van der Waals surface area contributed by atoms with Crippen molar-refractivity contribution >= 4 is 39.7 Å². The first kappa shape index (κ1) is 14.8. The topological polar surface area (TPSA) is 51.5 Å². The van der Waals surface area contributed by atoms with E-state index in [1.54, 1.807) is 19.6 Å². The van der Waals surface area contributed by atoms with E-state index in [-0.39, 0.29) is 0 Å². The van der Waals surface area contributed by atoms with Gasteiger partial charge in [0.15, 0.2) is 5.82 Å². The van der Waals surface area contributed by atoms with Gasteiger partial charge in [-0.15, -0.1) is 0 Å². The lowest BCUT2D eigenvalue weighted by Gasteiger charge is -2.10. The fraction of sp³-hybridized carbons (Fsp3) is 0.111. The summed E-state index contributed by atoms with van der Waals surface area (Å²) in [4.78, 5) is 9.01. The van der Waals surface area contributed by atoms with Crippen molar-refractivity contribution in [1.82, 2.24) is 14.4 Å². The Kier molecular flexibility index (Phi) is 3.50. The molecule has 0 fully saturated rings. The average Bonchev–Trinajstić information content (AvgIpc) is 3.01. The third-order valence-electron chi connectivity index (χ3n) is 4.04. The number of nitrogens with zero attached hydrogens (tertiary/aromatic N) is 3. The molecule has 0 aliphatic heterocycles. The van der Waals surface area contributed by atoms with Gasteiger partial charge in [0.25, 0.3) is 0 Å². The Labute approximate surface area is 143 Å². The molecule has 2 aromatic heterocycles. The second-order valence-corrected chi connectivity index (χ2v) is 5.93. The standard InChI is InChI=1S/C18H15ClN4O/c1-11-4-3-5-13(19)17(11)22-18-16-9-20-14-7-6-12(24-2)8-15(14)23(16)10-21-18/h3-10,22H,1-2H3. The number of benzene rings is 2. The first-order chi connectivity index (χ1) is 11.7. The summed E-state index contributed by atoms with van der Waals surface area (Å²) in [5.41, 5.74) is 4.59. The van der Waals surface area contributed by atoms with Crippen LogP contribution < -0.4 is 10.1 Å². The van der Waals surface area contributed by atoms with Gasteiger partial charge in [-0.3, -0.25) is 9.38 Å². The van der Waals surface area contributed by atoms with Crippen molar-refractivity contribution in [2.75, 3.05) is 12.4 Å². The quantitative estimate of drug-likeness (QED) is 0.593. The van der Waals surface area contributed by atoms with Crippen LogP contribution in [0.15, 0.2) is 48.9 Å². The van der Waals surface area contributed by atoms with Crippen molar-refractivity contribution < 1.29 is 4.74 Å². The molecule has 0 radical (unpaired) electrons. The zero-order chi connectivity index (χ0) is 16.7. The number of methoxy groups -OCH3 is 1. The van der Waals surface area contributed by atoms with E-state index < -0.39 is 0 Å². The van der Waals surface area contributed by atoms with Crippen LogP contribution in [0, 0.1) is 6.92 Å². The zero-order valence-corrected chi connectivity index (χ0v) is 14.0. The highest BCUT2D eigenvalue weighted by molar-refractivity contribution is 6.33. The maximum absolute atomic E-state index is 6.30. The van der Waals surface area contributed by atoms with Gasteiger partial charge in [0.1, 0.15) is 17.6 Å². The van der Waals surface area contributed by atoms with E-state index in [9.17, 15) is 0 Å². The van der Waals surface area contributed by atoms with Crippen LogP contribution in [0.1, 0.15) is 5.56 Å². The predicted octanol–water partition coefficient (Wildman–Crippen LogP) is 4.60. The van der Waals surface area contributed by atoms with Crippen molar-refractivity contribution in [1.29, 1.82) is 0 Å². The molecule has 0 saturated heterocycles. The molecule has 0 amide bonds. The summed E-state index contributed by atoms with van der Waals surface area (Å²) in [6, 6.07) is 11.6. The number of hydrogen-bond donors (Lipinski definition) is 1. The average molecular weight is 339 g/mol. The van der Waals surface area contributed by atoms with E-state index in [4.69, 9.17) is 16.3 Å². The summed E-state index contributed by atoms with van der Waals surface area (Å²) < 4.78 is 7.30. The third-order valence-corrected chi connectivity index (χ3v) is 4.35. The number of aryl methyl sites for hydroxylation is 1. The number of hydrogen-bond acceptors (Lipinski definition) is 4. The van der Waals surface area contributed by atoms with Gasteiger partial charge in [-0.05, 0) is 30.7 Å². The Morgan fingerprint density at radius 2 is 2.00 bits per heavy atom. The molecule has 4 aromatic rings. The second-order valence-electron chi connectivity index (χ2n) is 5.52. The van der Waals surface area contributed by atoms with Crippen molar-refractivity contribution in [3.05, 3.63) is 59.5 Å². The molecule has 0 unspecified atom stereocenters. The van der Waals surface area contributed by atoms with Crippen LogP contribution in [-0.2, 0) is 0 Å². The van der Waals surface area contributed by atoms with Crippen molar-refractivity contribution in [2.24, 2.45) is 0 Å². The highest BCUT2D eigenvalue weighted by atomic mass is 35.5. The second kappa shape index (κ2) is 5.69. The summed E-state index contributed by atoms with van der Waals surface area (Å²) in [6.45, 7) is 2.00. The van der Waals surface area contributed by atoms with Gasteiger partial charge in [-0.1, -0.05) is 23.7 Å². The van der Waals surface area contributed by atoms with Gasteiger partial charge in [0, 0.05) is 6.07 Å². The van der Waals surface area contributed by atoms with E-state index in [2.05, 4.69) is 15.3 Å². The lowest BCUT2D eigenvalue weighted by atomic mass is 10.2. The molecular formula is C18H15ClN4O. The molecular weight excluding hydrogens is 324 g/mol. The summed E-state index contributed by atoms with van der Waals surface area (Å²) in [5.74, 6) is 1.49. The Morgan fingerprint density at radius 3 is 2.79 bits per heavy atom. The van der Waals surface area contributed by atoms with Gasteiger partial charge in [0.05, 0.1) is 35.1 Å². The van der Waals surface area contributed by atoms with Crippen LogP contribution in [0.5, 0.6) is 5.75 Å². The van der Waals surface area contributed by atoms with Crippen molar-refractivity contribution in [3.63, 3.8) is 0 Å². The number of fused-ring (bicyclic) bond motifs is 3. The molecule has 0 aliphatic rings. The fourth-order valence-electron chi connectivity index (χ4n) is 2.74. The van der Waals surface area contributed by atoms with E-state index >= 15 is 0 Å². The monoisotopic (exact) mass is 338 g/mol. The summed E-state index contributed by atoms with van der Waals surface area (Å²) in [7, 11) is 1.65. The molecule has 4 rings (SSSR count). The van der Waals surface area contributed by atoms with Crippen LogP contribution in [0.4, 0.5) is 11.5 Å². The minimum Gasteiger partial charge on any atom is -0.497 e. The van der Waals surface area contributed by atoms with Gasteiger partial charge in [-0.2, -0.15) is 0 Å². The first-order valence-corrected chi connectivity index (χ1v) is 7.87. The Bertz CT molecular complexity index is 1040. The van der Waals surface area contributed by atoms with Gasteiger partial charge in [-0.25, -0.2) is 4.98 Å². The van der Waals surface area contributed by atoms with E-state index in [0.717, 1.165) is 33.6 Å². The SMILES string of the molecule is COc1ccc2ncc3c(Nc4c(C)cccc4Cl)ncn3c2c1. The van der Waals surface area contributed by atoms with Crippen LogP contribution in [-0.4, -0.2) is 21.5 Å². The highest BCUT2D eigenvalue weighted by Crippen LogP contribution is 2.31. The first-order valence-electron chi connectivity index (χ1n) is 7.49. The van der Waals surface area contributed by atoms with E-state index in [1.807, 2.05) is 47.7 Å². The number of imidazole rings is 1. The molecule has 0 aliphatic carbocycles. The van der Waals surface area contributed by atoms with Gasteiger partial charge < -0.3 is 10.1 Å². The number of halogens is 1. The zero-order valence-electron chi connectivity index (χ0n) is 13.2. The number of nitrogens with one attached hydrogen (secondary N) is 1. The number of aromatic nitrogens is 3. The molecule has 1 N–H and O–H groups in total. The summed E-state index contributed by atoms with van der Waals surface area (Å²) in [6.07, 6.45) is 3.57. The fourth-order valence-corrected chi connectivity index (χ4v) is 3.01. The maximum atomic E-state index is 6.30. The third kappa shape index (κ3) is 2.34. The van der Waals surface area contributed by atoms with Crippen LogP contribution in [0.3, 0.4) is 0 Å². The van der Waals surface area contributed by atoms with E-state index in [1.165, 1.54) is 0 Å². The van der Waals surface area contributed by atoms with Gasteiger partial charge in [0.2, 0.25) is 0 Å². The molecule has 2 aromatic carbocycles. The Morgan fingerprint density at radius 1 is 1.12 bits per heavy atom. The normalized spacial score (nSPS) is 11.1. The molecule has 6 heteroatoms. The molecule has 0 saturated carbocycles. The predicted molar refractivity (Wildman–Crippen MR) is 96.5 cm³/mol. The molecule has 120 valence electrons. The smallest absolute Gasteiger partial charge is 0.158 e. The van der Waals surface area contributed by atoms with Gasteiger partial charge >= 0.3 is 0 Å². The molecule has 0 atom stereocenters. The van der Waals surface area contributed by atoms with E-state index in [0.29, 0.717) is 10.8 Å². The number of anilines is 2. The van der Waals surface area contributed by atoms with Crippen LogP contribution in [0.2, 0.25) is 5.02 Å². The highest BCUT2D eigenvalue weighted by Gasteiger charge is 2.11. The lowest BCUT2D eigenvalue weighted by molar-refractivity contribution is 0.415. The van der Waals surface area contributed by atoms with Crippen LogP contribution in [0.25, 0.3) is 16.6 Å². The lowest BCUT2D eigenvalue weighted by Crippen LogP contribution is -1.96. The largest absolute Gasteiger partial charge is 0.497 e.